The Morgan fingerprint density at radius 3 is 2.31 bits per heavy atom. The molecular weight excluding hydrogens is 450 g/mol. The molecule has 4 N–H and O–H groups in total. The van der Waals surface area contributed by atoms with Gasteiger partial charge in [0.05, 0.1) is 6.07 Å². The van der Waals surface area contributed by atoms with E-state index < -0.39 is 48.0 Å². The topological polar surface area (TPSA) is 155 Å². The lowest BCUT2D eigenvalue weighted by atomic mass is 9.97. The molecule has 0 heterocycles. The highest BCUT2D eigenvalue weighted by Gasteiger charge is 2.37. The number of carbonyl (C=O) groups is 4. The van der Waals surface area contributed by atoms with E-state index in [1.165, 1.54) is 0 Å². The minimum absolute atomic E-state index is 0.162. The second-order valence-electron chi connectivity index (χ2n) is 9.13. The summed E-state index contributed by atoms with van der Waals surface area (Å²) in [6, 6.07) is 5.61. The third-order valence-corrected chi connectivity index (χ3v) is 4.59. The molecule has 1 aromatic carbocycles. The van der Waals surface area contributed by atoms with Crippen molar-refractivity contribution in [1.82, 2.24) is 15.5 Å². The largest absolute Gasteiger partial charge is 0.444 e. The number of rotatable bonds is 10. The van der Waals surface area contributed by atoms with E-state index in [0.717, 1.165) is 4.90 Å². The molecule has 0 fully saturated rings. The lowest BCUT2D eigenvalue weighted by Crippen LogP contribution is -2.53. The van der Waals surface area contributed by atoms with E-state index in [0.29, 0.717) is 11.1 Å². The van der Waals surface area contributed by atoms with E-state index >= 15 is 0 Å². The summed E-state index contributed by atoms with van der Waals surface area (Å²) in [5, 5.41) is 14.7. The first-order valence-corrected chi connectivity index (χ1v) is 11.1. The Morgan fingerprint density at radius 2 is 1.80 bits per heavy atom. The first-order valence-electron chi connectivity index (χ1n) is 11.1. The second-order valence-corrected chi connectivity index (χ2v) is 9.13. The molecule has 0 saturated heterocycles. The first kappa shape index (κ1) is 29.0. The number of primary amides is 1. The maximum Gasteiger partial charge on any atom is 0.408 e. The molecule has 10 nitrogen and oxygen atoms in total. The predicted octanol–water partition coefficient (Wildman–Crippen LogP) is 1.74. The monoisotopic (exact) mass is 483 g/mol. The summed E-state index contributed by atoms with van der Waals surface area (Å²) >= 11 is 0. The summed E-state index contributed by atoms with van der Waals surface area (Å²) in [7, 11) is 0. The van der Waals surface area contributed by atoms with Crippen molar-refractivity contribution < 1.29 is 23.9 Å². The fourth-order valence-electron chi connectivity index (χ4n) is 3.25. The van der Waals surface area contributed by atoms with Gasteiger partial charge in [0.2, 0.25) is 17.7 Å². The fourth-order valence-corrected chi connectivity index (χ4v) is 3.25. The SMILES string of the molecule is C#Cc1ccccc1C(C(=O)NC(C)C)N(CC#N)C(=O)C(CCC(N)=O)NC(=O)OC(C)(C)C. The van der Waals surface area contributed by atoms with Crippen LogP contribution in [0.2, 0.25) is 0 Å². The summed E-state index contributed by atoms with van der Waals surface area (Å²) in [5.74, 6) is 0.481. The van der Waals surface area contributed by atoms with E-state index in [4.69, 9.17) is 16.9 Å². The van der Waals surface area contributed by atoms with Gasteiger partial charge in [-0.05, 0) is 52.7 Å². The average molecular weight is 484 g/mol. The highest BCUT2D eigenvalue weighted by molar-refractivity contribution is 5.93. The minimum Gasteiger partial charge on any atom is -0.444 e. The van der Waals surface area contributed by atoms with Crippen LogP contribution in [0.1, 0.15) is 64.6 Å². The van der Waals surface area contributed by atoms with Crippen molar-refractivity contribution in [2.75, 3.05) is 6.54 Å². The minimum atomic E-state index is -1.29. The van der Waals surface area contributed by atoms with Gasteiger partial charge in [-0.15, -0.1) is 6.42 Å². The number of amides is 4. The third-order valence-electron chi connectivity index (χ3n) is 4.59. The molecule has 188 valence electrons. The maximum atomic E-state index is 13.7. The van der Waals surface area contributed by atoms with Crippen LogP contribution in [0, 0.1) is 23.7 Å². The first-order chi connectivity index (χ1) is 16.3. The summed E-state index contributed by atoms with van der Waals surface area (Å²) in [5.41, 5.74) is 5.10. The number of terminal acetylenes is 1. The number of hydrogen-bond donors (Lipinski definition) is 3. The van der Waals surface area contributed by atoms with E-state index in [1.807, 2.05) is 6.07 Å². The number of nitrogens with two attached hydrogens (primary N) is 1. The molecule has 35 heavy (non-hydrogen) atoms. The summed E-state index contributed by atoms with van der Waals surface area (Å²) in [6.07, 6.45) is 4.34. The van der Waals surface area contributed by atoms with Crippen molar-refractivity contribution in [3.8, 4) is 18.4 Å². The Hall–Kier alpha value is -4.05. The quantitative estimate of drug-likeness (QED) is 0.340. The molecule has 2 unspecified atom stereocenters. The van der Waals surface area contributed by atoms with Crippen molar-refractivity contribution in [1.29, 1.82) is 5.26 Å². The third kappa shape index (κ3) is 9.38. The Bertz CT molecular complexity index is 1020. The van der Waals surface area contributed by atoms with Crippen molar-refractivity contribution in [3.63, 3.8) is 0 Å². The molecule has 10 heteroatoms. The van der Waals surface area contributed by atoms with Crippen LogP contribution in [0.5, 0.6) is 0 Å². The van der Waals surface area contributed by atoms with Crippen LogP contribution in [0.4, 0.5) is 4.79 Å². The fraction of sp³-hybridized carbons (Fsp3) is 0.480. The van der Waals surface area contributed by atoms with Crippen LogP contribution in [0.15, 0.2) is 24.3 Å². The van der Waals surface area contributed by atoms with E-state index in [9.17, 15) is 24.4 Å². The number of nitrogens with one attached hydrogen (secondary N) is 2. The molecule has 0 aliphatic heterocycles. The Labute approximate surface area is 206 Å². The molecule has 0 aliphatic rings. The molecule has 4 amide bonds. The molecule has 0 saturated carbocycles. The zero-order chi connectivity index (χ0) is 26.8. The van der Waals surface area contributed by atoms with Crippen LogP contribution < -0.4 is 16.4 Å². The highest BCUT2D eigenvalue weighted by atomic mass is 16.6. The highest BCUT2D eigenvalue weighted by Crippen LogP contribution is 2.26. The van der Waals surface area contributed by atoms with Gasteiger partial charge in [0.1, 0.15) is 24.2 Å². The van der Waals surface area contributed by atoms with Gasteiger partial charge < -0.3 is 26.0 Å². The normalized spacial score (nSPS) is 12.5. The molecule has 0 aromatic heterocycles. The molecule has 2 atom stereocenters. The lowest BCUT2D eigenvalue weighted by Gasteiger charge is -2.33. The molecule has 0 aliphatic carbocycles. The summed E-state index contributed by atoms with van der Waals surface area (Å²) in [4.78, 5) is 51.8. The van der Waals surface area contributed by atoms with Crippen LogP contribution in [-0.2, 0) is 19.1 Å². The lowest BCUT2D eigenvalue weighted by molar-refractivity contribution is -0.142. The number of alkyl carbamates (subject to hydrolysis) is 1. The van der Waals surface area contributed by atoms with Crippen LogP contribution in [-0.4, -0.2) is 52.9 Å². The van der Waals surface area contributed by atoms with Gasteiger partial charge in [-0.3, -0.25) is 14.4 Å². The zero-order valence-corrected chi connectivity index (χ0v) is 20.8. The van der Waals surface area contributed by atoms with E-state index in [-0.39, 0.29) is 18.9 Å². The maximum absolute atomic E-state index is 13.7. The standard InChI is InChI=1S/C25H33N5O5/c1-7-17-10-8-9-11-18(17)21(22(32)28-16(2)3)30(15-14-26)23(33)19(12-13-20(27)31)29-24(34)35-25(4,5)6/h1,8-11,16,19,21H,12-13,15H2,2-6H3,(H2,27,31)(H,28,32)(H,29,34). The van der Waals surface area contributed by atoms with Gasteiger partial charge in [0.15, 0.2) is 0 Å². The predicted molar refractivity (Wildman–Crippen MR) is 129 cm³/mol. The number of nitrogens with zero attached hydrogens (tertiary/aromatic N) is 2. The average Bonchev–Trinajstić information content (AvgIpc) is 2.74. The van der Waals surface area contributed by atoms with Gasteiger partial charge >= 0.3 is 6.09 Å². The van der Waals surface area contributed by atoms with Gasteiger partial charge in [0, 0.05) is 18.0 Å². The number of ether oxygens (including phenoxy) is 1. The van der Waals surface area contributed by atoms with E-state index in [1.54, 1.807) is 58.9 Å². The second kappa shape index (κ2) is 13.0. The van der Waals surface area contributed by atoms with Crippen molar-refractivity contribution >= 4 is 23.8 Å². The number of nitriles is 1. The van der Waals surface area contributed by atoms with Gasteiger partial charge in [-0.1, -0.05) is 24.1 Å². The Morgan fingerprint density at radius 1 is 1.17 bits per heavy atom. The van der Waals surface area contributed by atoms with Gasteiger partial charge in [0.25, 0.3) is 0 Å². The summed E-state index contributed by atoms with van der Waals surface area (Å²) in [6.45, 7) is 7.96. The van der Waals surface area contributed by atoms with Crippen molar-refractivity contribution in [3.05, 3.63) is 35.4 Å². The molecule has 0 spiro atoms. The van der Waals surface area contributed by atoms with Crippen molar-refractivity contribution in [2.45, 2.75) is 71.2 Å². The Kier molecular flexibility index (Phi) is 10.8. The van der Waals surface area contributed by atoms with Crippen LogP contribution in [0.25, 0.3) is 0 Å². The smallest absolute Gasteiger partial charge is 0.408 e. The number of benzene rings is 1. The molecular formula is C25H33N5O5. The molecule has 0 radical (unpaired) electrons. The van der Waals surface area contributed by atoms with Gasteiger partial charge in [-0.2, -0.15) is 5.26 Å². The summed E-state index contributed by atoms with van der Waals surface area (Å²) < 4.78 is 5.24. The zero-order valence-electron chi connectivity index (χ0n) is 20.8. The van der Waals surface area contributed by atoms with Crippen LogP contribution >= 0.6 is 0 Å². The Balaban J connectivity index is 3.53. The van der Waals surface area contributed by atoms with Crippen LogP contribution in [0.3, 0.4) is 0 Å². The number of hydrogen-bond acceptors (Lipinski definition) is 6. The van der Waals surface area contributed by atoms with Crippen molar-refractivity contribution in [2.24, 2.45) is 5.73 Å². The van der Waals surface area contributed by atoms with E-state index in [2.05, 4.69) is 16.6 Å². The van der Waals surface area contributed by atoms with Gasteiger partial charge in [-0.25, -0.2) is 4.79 Å². The molecule has 1 aromatic rings. The molecule has 0 bridgehead atoms. The molecule has 1 rings (SSSR count). The number of carbonyl (C=O) groups excluding carboxylic acids is 4.